The molecule has 90 valence electrons. The summed E-state index contributed by atoms with van der Waals surface area (Å²) in [5.74, 6) is 0.909. The molecule has 1 aromatic rings. The van der Waals surface area contributed by atoms with Crippen LogP contribution < -0.4 is 10.1 Å². The summed E-state index contributed by atoms with van der Waals surface area (Å²) in [5.41, 5.74) is 1.43. The van der Waals surface area contributed by atoms with Gasteiger partial charge in [0.2, 0.25) is 0 Å². The lowest BCUT2D eigenvalue weighted by Gasteiger charge is -2.25. The molecule has 2 nitrogen and oxygen atoms in total. The average Bonchev–Trinajstić information content (AvgIpc) is 2.21. The van der Waals surface area contributed by atoms with Gasteiger partial charge in [-0.25, -0.2) is 0 Å². The summed E-state index contributed by atoms with van der Waals surface area (Å²) in [6, 6.07) is 6.30. The maximum Gasteiger partial charge on any atom is 0.133 e. The van der Waals surface area contributed by atoms with Crippen LogP contribution in [0.1, 0.15) is 26.3 Å². The summed E-state index contributed by atoms with van der Waals surface area (Å²) >= 11 is 3.55. The summed E-state index contributed by atoms with van der Waals surface area (Å²) in [6.07, 6.45) is 0. The number of likely N-dealkylation sites (N-methyl/N-ethyl adjacent to an activating group) is 1. The number of hydrogen-bond acceptors (Lipinski definition) is 2. The molecule has 0 saturated carbocycles. The first-order valence-corrected chi connectivity index (χ1v) is 6.38. The zero-order chi connectivity index (χ0) is 12.2. The molecule has 0 radical (unpaired) electrons. The molecule has 0 atom stereocenters. The highest BCUT2D eigenvalue weighted by atomic mass is 79.9. The summed E-state index contributed by atoms with van der Waals surface area (Å²) in [7, 11) is 1.98. The Hall–Kier alpha value is -0.540. The average molecular weight is 286 g/mol. The van der Waals surface area contributed by atoms with E-state index in [9.17, 15) is 0 Å². The summed E-state index contributed by atoms with van der Waals surface area (Å²) in [5, 5.41) is 3.22. The highest BCUT2D eigenvalue weighted by Gasteiger charge is 2.20. The minimum Gasteiger partial charge on any atom is -0.493 e. The Labute approximate surface area is 107 Å². The van der Waals surface area contributed by atoms with Crippen molar-refractivity contribution in [3.63, 3.8) is 0 Å². The lowest BCUT2D eigenvalue weighted by Crippen LogP contribution is -2.30. The Morgan fingerprint density at radius 2 is 2.06 bits per heavy atom. The molecule has 0 bridgehead atoms. The van der Waals surface area contributed by atoms with Gasteiger partial charge in [0.05, 0.1) is 11.1 Å². The number of halogens is 1. The van der Waals surface area contributed by atoms with Gasteiger partial charge < -0.3 is 10.1 Å². The fraction of sp³-hybridized carbons (Fsp3) is 0.538. The second-order valence-electron chi connectivity index (χ2n) is 4.49. The normalized spacial score (nSPS) is 11.6. The van der Waals surface area contributed by atoms with E-state index < -0.39 is 0 Å². The Morgan fingerprint density at radius 1 is 1.38 bits per heavy atom. The first-order chi connectivity index (χ1) is 7.51. The van der Waals surface area contributed by atoms with Crippen molar-refractivity contribution in [2.24, 2.45) is 0 Å². The standard InChI is InChI=1S/C13H20BrNO/c1-5-16-12-7-6-10(8-11(12)14)13(2,3)9-15-4/h6-8,15H,5,9H2,1-4H3. The molecule has 0 spiro atoms. The molecule has 0 saturated heterocycles. The SMILES string of the molecule is CCOc1ccc(C(C)(C)CNC)cc1Br. The Bertz CT molecular complexity index is 350. The lowest BCUT2D eigenvalue weighted by molar-refractivity contribution is 0.337. The maximum atomic E-state index is 5.50. The second-order valence-corrected chi connectivity index (χ2v) is 5.35. The summed E-state index contributed by atoms with van der Waals surface area (Å²) in [4.78, 5) is 0. The predicted octanol–water partition coefficient (Wildman–Crippen LogP) is 3.34. The van der Waals surface area contributed by atoms with Crippen LogP contribution in [0.2, 0.25) is 0 Å². The van der Waals surface area contributed by atoms with Gasteiger partial charge in [0, 0.05) is 12.0 Å². The van der Waals surface area contributed by atoms with Crippen molar-refractivity contribution in [1.82, 2.24) is 5.32 Å². The van der Waals surface area contributed by atoms with Gasteiger partial charge in [0.1, 0.15) is 5.75 Å². The van der Waals surface area contributed by atoms with E-state index in [4.69, 9.17) is 4.74 Å². The number of hydrogen-bond donors (Lipinski definition) is 1. The molecule has 0 amide bonds. The van der Waals surface area contributed by atoms with E-state index in [1.165, 1.54) is 5.56 Å². The zero-order valence-electron chi connectivity index (χ0n) is 10.4. The van der Waals surface area contributed by atoms with Crippen LogP contribution in [0.5, 0.6) is 5.75 Å². The zero-order valence-corrected chi connectivity index (χ0v) is 12.0. The molecule has 16 heavy (non-hydrogen) atoms. The molecule has 0 fully saturated rings. The molecule has 0 unspecified atom stereocenters. The van der Waals surface area contributed by atoms with Gasteiger partial charge in [-0.2, -0.15) is 0 Å². The van der Waals surface area contributed by atoms with Gasteiger partial charge in [-0.15, -0.1) is 0 Å². The molecular weight excluding hydrogens is 266 g/mol. The first kappa shape index (κ1) is 13.5. The van der Waals surface area contributed by atoms with E-state index in [1.54, 1.807) is 0 Å². The molecule has 0 aliphatic rings. The molecule has 1 aromatic carbocycles. The molecule has 1 rings (SSSR count). The van der Waals surface area contributed by atoms with Crippen molar-refractivity contribution < 1.29 is 4.74 Å². The fourth-order valence-corrected chi connectivity index (χ4v) is 2.23. The van der Waals surface area contributed by atoms with E-state index >= 15 is 0 Å². The van der Waals surface area contributed by atoms with Crippen LogP contribution in [0.25, 0.3) is 0 Å². The highest BCUT2D eigenvalue weighted by Crippen LogP contribution is 2.31. The van der Waals surface area contributed by atoms with Gasteiger partial charge in [-0.1, -0.05) is 19.9 Å². The van der Waals surface area contributed by atoms with Crippen LogP contribution in [0.15, 0.2) is 22.7 Å². The van der Waals surface area contributed by atoms with Gasteiger partial charge in [-0.05, 0) is 47.6 Å². The van der Waals surface area contributed by atoms with Crippen molar-refractivity contribution in [3.8, 4) is 5.75 Å². The molecule has 0 heterocycles. The van der Waals surface area contributed by atoms with Crippen molar-refractivity contribution >= 4 is 15.9 Å². The van der Waals surface area contributed by atoms with Crippen LogP contribution in [-0.4, -0.2) is 20.2 Å². The van der Waals surface area contributed by atoms with Crippen LogP contribution in [0.4, 0.5) is 0 Å². The second kappa shape index (κ2) is 5.69. The van der Waals surface area contributed by atoms with Gasteiger partial charge >= 0.3 is 0 Å². The van der Waals surface area contributed by atoms with E-state index in [-0.39, 0.29) is 5.41 Å². The molecule has 3 heteroatoms. The third kappa shape index (κ3) is 3.22. The predicted molar refractivity (Wildman–Crippen MR) is 72.3 cm³/mol. The largest absolute Gasteiger partial charge is 0.493 e. The Balaban J connectivity index is 2.96. The smallest absolute Gasteiger partial charge is 0.133 e. The maximum absolute atomic E-state index is 5.50. The highest BCUT2D eigenvalue weighted by molar-refractivity contribution is 9.10. The van der Waals surface area contributed by atoms with E-state index in [2.05, 4.69) is 47.2 Å². The Morgan fingerprint density at radius 3 is 2.56 bits per heavy atom. The topological polar surface area (TPSA) is 21.3 Å². The van der Waals surface area contributed by atoms with Crippen molar-refractivity contribution in [2.75, 3.05) is 20.2 Å². The number of ether oxygens (including phenoxy) is 1. The van der Waals surface area contributed by atoms with E-state index in [0.29, 0.717) is 6.61 Å². The minimum atomic E-state index is 0.127. The number of benzene rings is 1. The van der Waals surface area contributed by atoms with Crippen molar-refractivity contribution in [2.45, 2.75) is 26.2 Å². The molecule has 0 aliphatic heterocycles. The summed E-state index contributed by atoms with van der Waals surface area (Å²) in [6.45, 7) is 8.09. The van der Waals surface area contributed by atoms with Crippen LogP contribution >= 0.6 is 15.9 Å². The van der Waals surface area contributed by atoms with E-state index in [1.807, 2.05) is 20.0 Å². The first-order valence-electron chi connectivity index (χ1n) is 5.58. The number of nitrogens with one attached hydrogen (secondary N) is 1. The molecular formula is C13H20BrNO. The Kier molecular flexibility index (Phi) is 4.81. The lowest BCUT2D eigenvalue weighted by atomic mass is 9.84. The van der Waals surface area contributed by atoms with Gasteiger partial charge in [0.15, 0.2) is 0 Å². The molecule has 0 aromatic heterocycles. The quantitative estimate of drug-likeness (QED) is 0.896. The van der Waals surface area contributed by atoms with Crippen LogP contribution in [0, 0.1) is 0 Å². The number of rotatable bonds is 5. The molecule has 0 aliphatic carbocycles. The van der Waals surface area contributed by atoms with Crippen molar-refractivity contribution in [3.05, 3.63) is 28.2 Å². The van der Waals surface area contributed by atoms with Gasteiger partial charge in [-0.3, -0.25) is 0 Å². The van der Waals surface area contributed by atoms with Crippen LogP contribution in [0.3, 0.4) is 0 Å². The third-order valence-corrected chi connectivity index (χ3v) is 3.25. The third-order valence-electron chi connectivity index (χ3n) is 2.63. The fourth-order valence-electron chi connectivity index (χ4n) is 1.74. The van der Waals surface area contributed by atoms with Crippen molar-refractivity contribution in [1.29, 1.82) is 0 Å². The van der Waals surface area contributed by atoms with E-state index in [0.717, 1.165) is 16.8 Å². The summed E-state index contributed by atoms with van der Waals surface area (Å²) < 4.78 is 6.53. The molecule has 1 N–H and O–H groups in total. The van der Waals surface area contributed by atoms with Crippen LogP contribution in [-0.2, 0) is 5.41 Å². The monoisotopic (exact) mass is 285 g/mol. The van der Waals surface area contributed by atoms with Gasteiger partial charge in [0.25, 0.3) is 0 Å². The minimum absolute atomic E-state index is 0.127.